The molecular weight excluding hydrogens is 410 g/mol. The molecule has 31 heavy (non-hydrogen) atoms. The molecule has 2 N–H and O–H groups in total. The Balaban J connectivity index is 1.57. The zero-order valence-corrected chi connectivity index (χ0v) is 19.2. The van der Waals surface area contributed by atoms with Crippen molar-refractivity contribution in [2.75, 3.05) is 24.4 Å². The van der Waals surface area contributed by atoms with Crippen LogP contribution in [0.4, 0.5) is 5.69 Å². The molecule has 1 fully saturated rings. The standard InChI is InChI=1S/C24H31N3O3S/c1-18(2)12-15-27-16-13-21(14-17-27)25-24(28)20-8-10-22(11-9-20)31(29,30)26-23-7-5-4-6-19(23)3/h4-12,21,26H,13-17H2,1-3H3,(H,25,28). The van der Waals surface area contributed by atoms with Crippen LogP contribution in [0.3, 0.4) is 0 Å². The highest BCUT2D eigenvalue weighted by molar-refractivity contribution is 7.92. The minimum atomic E-state index is -3.72. The van der Waals surface area contributed by atoms with Gasteiger partial charge in [0.2, 0.25) is 0 Å². The maximum Gasteiger partial charge on any atom is 0.261 e. The number of piperidine rings is 1. The second-order valence-electron chi connectivity index (χ2n) is 8.27. The summed E-state index contributed by atoms with van der Waals surface area (Å²) in [7, 11) is -3.72. The van der Waals surface area contributed by atoms with Crippen molar-refractivity contribution in [2.45, 2.75) is 44.6 Å². The monoisotopic (exact) mass is 441 g/mol. The summed E-state index contributed by atoms with van der Waals surface area (Å²) in [5, 5.41) is 3.08. The number of nitrogens with one attached hydrogen (secondary N) is 2. The molecule has 0 aromatic heterocycles. The van der Waals surface area contributed by atoms with Gasteiger partial charge >= 0.3 is 0 Å². The molecule has 3 rings (SSSR count). The molecule has 1 saturated heterocycles. The van der Waals surface area contributed by atoms with Crippen LogP contribution < -0.4 is 10.0 Å². The highest BCUT2D eigenvalue weighted by Gasteiger charge is 2.21. The Kier molecular flexibility index (Phi) is 7.51. The molecule has 6 nitrogen and oxygen atoms in total. The second-order valence-corrected chi connectivity index (χ2v) is 9.96. The summed E-state index contributed by atoms with van der Waals surface area (Å²) in [6.07, 6.45) is 4.05. The minimum absolute atomic E-state index is 0.125. The number of carbonyl (C=O) groups is 1. The third-order valence-corrected chi connectivity index (χ3v) is 6.88. The molecule has 1 amide bonds. The fourth-order valence-corrected chi connectivity index (χ4v) is 4.65. The van der Waals surface area contributed by atoms with Gasteiger partial charge in [-0.25, -0.2) is 8.42 Å². The van der Waals surface area contributed by atoms with Crippen LogP contribution in [0, 0.1) is 6.92 Å². The Labute approximate surface area is 185 Å². The van der Waals surface area contributed by atoms with E-state index in [9.17, 15) is 13.2 Å². The van der Waals surface area contributed by atoms with Gasteiger partial charge in [-0.2, -0.15) is 0 Å². The average molecular weight is 442 g/mol. The predicted octanol–water partition coefficient (Wildman–Crippen LogP) is 3.96. The highest BCUT2D eigenvalue weighted by atomic mass is 32.2. The molecule has 0 atom stereocenters. The number of hydrogen-bond acceptors (Lipinski definition) is 4. The quantitative estimate of drug-likeness (QED) is 0.638. The van der Waals surface area contributed by atoms with Crippen molar-refractivity contribution in [3.8, 4) is 0 Å². The fraction of sp³-hybridized carbons (Fsp3) is 0.375. The van der Waals surface area contributed by atoms with E-state index in [0.29, 0.717) is 11.3 Å². The third kappa shape index (κ3) is 6.42. The van der Waals surface area contributed by atoms with E-state index in [4.69, 9.17) is 0 Å². The van der Waals surface area contributed by atoms with Crippen LogP contribution in [0.5, 0.6) is 0 Å². The smallest absolute Gasteiger partial charge is 0.261 e. The minimum Gasteiger partial charge on any atom is -0.349 e. The summed E-state index contributed by atoms with van der Waals surface area (Å²) in [5.41, 5.74) is 3.16. The van der Waals surface area contributed by atoms with E-state index >= 15 is 0 Å². The lowest BCUT2D eigenvalue weighted by Gasteiger charge is -2.31. The van der Waals surface area contributed by atoms with Crippen LogP contribution in [0.25, 0.3) is 0 Å². The molecular formula is C24H31N3O3S. The molecule has 1 aliphatic heterocycles. The number of hydrogen-bond donors (Lipinski definition) is 2. The first-order chi connectivity index (χ1) is 14.7. The molecule has 0 radical (unpaired) electrons. The summed E-state index contributed by atoms with van der Waals surface area (Å²) in [4.78, 5) is 15.1. The number of benzene rings is 2. The number of rotatable bonds is 7. The third-order valence-electron chi connectivity index (χ3n) is 5.50. The maximum absolute atomic E-state index is 12.7. The number of amides is 1. The molecule has 0 aliphatic carbocycles. The molecule has 1 heterocycles. The Hall–Kier alpha value is -2.64. The van der Waals surface area contributed by atoms with E-state index in [1.807, 2.05) is 19.1 Å². The largest absolute Gasteiger partial charge is 0.349 e. The van der Waals surface area contributed by atoms with Crippen LogP contribution in [0.15, 0.2) is 65.1 Å². The highest BCUT2D eigenvalue weighted by Crippen LogP contribution is 2.20. The molecule has 7 heteroatoms. The van der Waals surface area contributed by atoms with Crippen LogP contribution >= 0.6 is 0 Å². The van der Waals surface area contributed by atoms with E-state index in [2.05, 4.69) is 34.9 Å². The van der Waals surface area contributed by atoms with E-state index in [1.54, 1.807) is 24.3 Å². The van der Waals surface area contributed by atoms with Crippen molar-refractivity contribution in [1.29, 1.82) is 0 Å². The topological polar surface area (TPSA) is 78.5 Å². The SMILES string of the molecule is CC(C)=CCN1CCC(NC(=O)c2ccc(S(=O)(=O)Nc3ccccc3C)cc2)CC1. The number of aryl methyl sites for hydroxylation is 1. The maximum atomic E-state index is 12.7. The van der Waals surface area contributed by atoms with Crippen molar-refractivity contribution in [3.05, 3.63) is 71.3 Å². The van der Waals surface area contributed by atoms with E-state index in [1.165, 1.54) is 17.7 Å². The van der Waals surface area contributed by atoms with Gasteiger partial charge in [-0.1, -0.05) is 29.8 Å². The Bertz CT molecular complexity index is 1030. The number of allylic oxidation sites excluding steroid dienone is 1. The van der Waals surface area contributed by atoms with E-state index in [0.717, 1.165) is 38.0 Å². The van der Waals surface area contributed by atoms with Gasteiger partial charge in [-0.15, -0.1) is 0 Å². The van der Waals surface area contributed by atoms with E-state index < -0.39 is 10.0 Å². The Morgan fingerprint density at radius 2 is 1.71 bits per heavy atom. The van der Waals surface area contributed by atoms with Gasteiger partial charge < -0.3 is 5.32 Å². The zero-order valence-electron chi connectivity index (χ0n) is 18.4. The molecule has 0 bridgehead atoms. The summed E-state index contributed by atoms with van der Waals surface area (Å²) in [6.45, 7) is 8.91. The summed E-state index contributed by atoms with van der Waals surface area (Å²) < 4.78 is 27.9. The van der Waals surface area contributed by atoms with Crippen LogP contribution in [-0.4, -0.2) is 44.9 Å². The molecule has 0 saturated carbocycles. The van der Waals surface area contributed by atoms with Gasteiger partial charge in [0.05, 0.1) is 10.6 Å². The van der Waals surface area contributed by atoms with Crippen molar-refractivity contribution in [1.82, 2.24) is 10.2 Å². The molecule has 0 spiro atoms. The zero-order chi connectivity index (χ0) is 22.4. The van der Waals surface area contributed by atoms with Gasteiger partial charge in [0, 0.05) is 31.2 Å². The fourth-order valence-electron chi connectivity index (χ4n) is 3.52. The average Bonchev–Trinajstić information content (AvgIpc) is 2.75. The molecule has 2 aromatic rings. The number of likely N-dealkylation sites (tertiary alicyclic amines) is 1. The Morgan fingerprint density at radius 1 is 1.06 bits per heavy atom. The number of carbonyl (C=O) groups excluding carboxylic acids is 1. The number of nitrogens with zero attached hydrogens (tertiary/aromatic N) is 1. The van der Waals surface area contributed by atoms with Crippen molar-refractivity contribution < 1.29 is 13.2 Å². The lowest BCUT2D eigenvalue weighted by Crippen LogP contribution is -2.44. The van der Waals surface area contributed by atoms with Crippen LogP contribution in [0.2, 0.25) is 0 Å². The molecule has 1 aliphatic rings. The first-order valence-electron chi connectivity index (χ1n) is 10.6. The summed E-state index contributed by atoms with van der Waals surface area (Å²) >= 11 is 0. The van der Waals surface area contributed by atoms with Gasteiger partial charge in [0.15, 0.2) is 0 Å². The lowest BCUT2D eigenvalue weighted by molar-refractivity contribution is 0.0914. The van der Waals surface area contributed by atoms with Gasteiger partial charge in [0.25, 0.3) is 15.9 Å². The lowest BCUT2D eigenvalue weighted by atomic mass is 10.0. The van der Waals surface area contributed by atoms with Crippen LogP contribution in [0.1, 0.15) is 42.6 Å². The van der Waals surface area contributed by atoms with Gasteiger partial charge in [-0.3, -0.25) is 14.4 Å². The molecule has 2 aromatic carbocycles. The van der Waals surface area contributed by atoms with Crippen molar-refractivity contribution in [3.63, 3.8) is 0 Å². The van der Waals surface area contributed by atoms with Gasteiger partial charge in [0.1, 0.15) is 0 Å². The van der Waals surface area contributed by atoms with Crippen molar-refractivity contribution in [2.24, 2.45) is 0 Å². The second kappa shape index (κ2) is 10.1. The number of anilines is 1. The Morgan fingerprint density at radius 3 is 2.32 bits per heavy atom. The summed E-state index contributed by atoms with van der Waals surface area (Å²) in [5.74, 6) is -0.168. The number of para-hydroxylation sites is 1. The predicted molar refractivity (Wildman–Crippen MR) is 125 cm³/mol. The number of sulfonamides is 1. The van der Waals surface area contributed by atoms with Crippen LogP contribution in [-0.2, 0) is 10.0 Å². The van der Waals surface area contributed by atoms with E-state index in [-0.39, 0.29) is 16.8 Å². The molecule has 166 valence electrons. The van der Waals surface area contributed by atoms with Crippen molar-refractivity contribution >= 4 is 21.6 Å². The van der Waals surface area contributed by atoms with Gasteiger partial charge in [-0.05, 0) is 69.5 Å². The normalized spacial score (nSPS) is 15.3. The molecule has 0 unspecified atom stereocenters. The summed E-state index contributed by atoms with van der Waals surface area (Å²) in [6, 6.07) is 13.4. The first-order valence-corrected chi connectivity index (χ1v) is 12.1. The first kappa shape index (κ1) is 23.0.